The molecule has 0 aliphatic heterocycles. The van der Waals surface area contributed by atoms with E-state index in [-0.39, 0.29) is 6.10 Å². The molecule has 1 N–H and O–H groups in total. The highest BCUT2D eigenvalue weighted by atomic mass is 16.5. The van der Waals surface area contributed by atoms with Gasteiger partial charge in [-0.1, -0.05) is 18.7 Å². The molecule has 1 unspecified atom stereocenters. The summed E-state index contributed by atoms with van der Waals surface area (Å²) in [5, 5.41) is 17.7. The highest BCUT2D eigenvalue weighted by Gasteiger charge is 2.01. The fraction of sp³-hybridized carbons (Fsp3) is 0.300. The lowest BCUT2D eigenvalue weighted by Crippen LogP contribution is -1.97. The second kappa shape index (κ2) is 9.63. The number of rotatable bonds is 9. The Hall–Kier alpha value is -2.46. The van der Waals surface area contributed by atoms with Crippen LogP contribution in [0.25, 0.3) is 17.3 Å². The predicted octanol–water partition coefficient (Wildman–Crippen LogP) is 4.27. The van der Waals surface area contributed by atoms with Crippen molar-refractivity contribution in [2.45, 2.75) is 32.3 Å². The summed E-state index contributed by atoms with van der Waals surface area (Å²) in [5.41, 5.74) is 2.67. The van der Waals surface area contributed by atoms with E-state index in [4.69, 9.17) is 4.74 Å². The summed E-state index contributed by atoms with van der Waals surface area (Å²) in [6.45, 7) is 5.94. The number of aliphatic hydroxyl groups is 1. The lowest BCUT2D eigenvalue weighted by Gasteiger charge is -2.04. The molecule has 0 fully saturated rings. The molecular weight excluding hydrogens is 300 g/mol. The normalized spacial score (nSPS) is 12.2. The summed E-state index contributed by atoms with van der Waals surface area (Å²) >= 11 is 0. The van der Waals surface area contributed by atoms with Gasteiger partial charge >= 0.3 is 0 Å². The Morgan fingerprint density at radius 3 is 2.58 bits per heavy atom. The summed E-state index contributed by atoms with van der Waals surface area (Å²) < 4.78 is 5.47. The van der Waals surface area contributed by atoms with Crippen LogP contribution in [0.15, 0.2) is 55.1 Å². The first kappa shape index (κ1) is 17.9. The first-order chi connectivity index (χ1) is 11.7. The molecule has 1 atom stereocenters. The third-order valence-corrected chi connectivity index (χ3v) is 3.48. The fourth-order valence-electron chi connectivity index (χ4n) is 2.20. The maximum atomic E-state index is 9.21. The number of hydrogen-bond acceptors (Lipinski definition) is 4. The number of benzene rings is 1. The van der Waals surface area contributed by atoms with Crippen molar-refractivity contribution in [1.82, 2.24) is 10.2 Å². The molecule has 1 aromatic heterocycles. The van der Waals surface area contributed by atoms with Crippen LogP contribution in [0.2, 0.25) is 0 Å². The zero-order valence-electron chi connectivity index (χ0n) is 14.1. The molecule has 2 rings (SSSR count). The van der Waals surface area contributed by atoms with Crippen molar-refractivity contribution in [3.8, 4) is 17.0 Å². The number of aliphatic hydroxyl groups excluding tert-OH is 1. The Balaban J connectivity index is 1.91. The van der Waals surface area contributed by atoms with Crippen molar-refractivity contribution < 1.29 is 9.84 Å². The maximum Gasteiger partial charge on any atom is 0.119 e. The van der Waals surface area contributed by atoms with Gasteiger partial charge in [-0.2, -0.15) is 5.10 Å². The summed E-state index contributed by atoms with van der Waals surface area (Å²) in [5.74, 6) is 0.809. The van der Waals surface area contributed by atoms with Gasteiger partial charge in [0.15, 0.2) is 0 Å². The Morgan fingerprint density at radius 1 is 1.17 bits per heavy atom. The number of allylic oxidation sites excluding steroid dienone is 1. The average molecular weight is 324 g/mol. The van der Waals surface area contributed by atoms with E-state index in [9.17, 15) is 5.11 Å². The van der Waals surface area contributed by atoms with E-state index in [0.29, 0.717) is 6.61 Å². The molecule has 1 aromatic carbocycles. The van der Waals surface area contributed by atoms with E-state index >= 15 is 0 Å². The van der Waals surface area contributed by atoms with Gasteiger partial charge in [-0.3, -0.25) is 0 Å². The largest absolute Gasteiger partial charge is 0.490 e. The number of aromatic nitrogens is 2. The van der Waals surface area contributed by atoms with Crippen molar-refractivity contribution in [2.75, 3.05) is 6.61 Å². The van der Waals surface area contributed by atoms with Crippen LogP contribution in [0.3, 0.4) is 0 Å². The molecule has 0 aliphatic carbocycles. The molecule has 0 saturated heterocycles. The third kappa shape index (κ3) is 5.97. The fourth-order valence-corrected chi connectivity index (χ4v) is 2.20. The molecule has 1 heterocycles. The van der Waals surface area contributed by atoms with Crippen LogP contribution in [0, 0.1) is 0 Å². The highest BCUT2D eigenvalue weighted by Crippen LogP contribution is 2.20. The molecular formula is C20H24N2O2. The van der Waals surface area contributed by atoms with Gasteiger partial charge in [0, 0.05) is 5.56 Å². The Morgan fingerprint density at radius 2 is 1.96 bits per heavy atom. The first-order valence-corrected chi connectivity index (χ1v) is 8.21. The van der Waals surface area contributed by atoms with Crippen LogP contribution in [0.4, 0.5) is 0 Å². The monoisotopic (exact) mass is 324 g/mol. The molecule has 24 heavy (non-hydrogen) atoms. The van der Waals surface area contributed by atoms with Crippen molar-refractivity contribution in [3.63, 3.8) is 0 Å². The van der Waals surface area contributed by atoms with Gasteiger partial charge in [0.25, 0.3) is 0 Å². The van der Waals surface area contributed by atoms with E-state index in [1.54, 1.807) is 6.08 Å². The Labute approximate surface area is 143 Å². The average Bonchev–Trinajstić information content (AvgIpc) is 2.60. The van der Waals surface area contributed by atoms with Crippen molar-refractivity contribution >= 4 is 6.08 Å². The smallest absolute Gasteiger partial charge is 0.119 e. The maximum absolute atomic E-state index is 9.21. The van der Waals surface area contributed by atoms with Gasteiger partial charge in [-0.25, -0.2) is 0 Å². The van der Waals surface area contributed by atoms with Crippen LogP contribution in [-0.2, 0) is 0 Å². The number of unbranched alkanes of at least 4 members (excludes halogenated alkanes) is 1. The number of nitrogens with zero attached hydrogens (tertiary/aromatic N) is 2. The molecule has 126 valence electrons. The predicted molar refractivity (Wildman–Crippen MR) is 97.7 cm³/mol. The topological polar surface area (TPSA) is 55.2 Å². The first-order valence-electron chi connectivity index (χ1n) is 8.21. The second-order valence-corrected chi connectivity index (χ2v) is 5.65. The number of hydrogen-bond donors (Lipinski definition) is 1. The van der Waals surface area contributed by atoms with Gasteiger partial charge in [0.2, 0.25) is 0 Å². The van der Waals surface area contributed by atoms with Crippen LogP contribution < -0.4 is 4.74 Å². The van der Waals surface area contributed by atoms with Gasteiger partial charge in [0.1, 0.15) is 12.4 Å². The van der Waals surface area contributed by atoms with Crippen molar-refractivity contribution in [2.24, 2.45) is 0 Å². The second-order valence-electron chi connectivity index (χ2n) is 5.65. The summed E-state index contributed by atoms with van der Waals surface area (Å²) in [6.07, 6.45) is 8.24. The summed E-state index contributed by atoms with van der Waals surface area (Å²) in [6, 6.07) is 11.7. The van der Waals surface area contributed by atoms with Crippen LogP contribution in [-0.4, -0.2) is 28.0 Å². The standard InChI is InChI=1S/C20H24N2O2/c1-3-15-24-19-12-9-17(10-13-19)20-14-11-18(21-22-20)8-6-4-5-7-16(2)23/h3,6,8-14,16,23H,1,4-5,7,15H2,2H3/b8-6+. The van der Waals surface area contributed by atoms with Gasteiger partial charge in [-0.05, 0) is 68.7 Å². The molecule has 0 saturated carbocycles. The highest BCUT2D eigenvalue weighted by molar-refractivity contribution is 5.60. The zero-order chi connectivity index (χ0) is 17.2. The van der Waals surface area contributed by atoms with Crippen LogP contribution in [0.5, 0.6) is 5.75 Å². The van der Waals surface area contributed by atoms with Crippen LogP contribution in [0.1, 0.15) is 31.9 Å². The molecule has 0 radical (unpaired) electrons. The minimum atomic E-state index is -0.231. The quantitative estimate of drug-likeness (QED) is 0.553. The van der Waals surface area contributed by atoms with E-state index in [1.165, 1.54) is 0 Å². The van der Waals surface area contributed by atoms with Crippen molar-refractivity contribution in [3.05, 3.63) is 60.8 Å². The molecule has 0 bridgehead atoms. The number of ether oxygens (including phenoxy) is 1. The molecule has 2 aromatic rings. The minimum absolute atomic E-state index is 0.231. The molecule has 0 spiro atoms. The molecule has 0 amide bonds. The summed E-state index contributed by atoms with van der Waals surface area (Å²) in [4.78, 5) is 0. The van der Waals surface area contributed by atoms with E-state index in [1.807, 2.05) is 49.4 Å². The lowest BCUT2D eigenvalue weighted by atomic mass is 10.1. The van der Waals surface area contributed by atoms with E-state index in [0.717, 1.165) is 42.0 Å². The van der Waals surface area contributed by atoms with E-state index in [2.05, 4.69) is 22.9 Å². The molecule has 4 heteroatoms. The van der Waals surface area contributed by atoms with E-state index < -0.39 is 0 Å². The third-order valence-electron chi connectivity index (χ3n) is 3.48. The summed E-state index contributed by atoms with van der Waals surface area (Å²) in [7, 11) is 0. The van der Waals surface area contributed by atoms with Gasteiger partial charge in [0.05, 0.1) is 17.5 Å². The Bertz CT molecular complexity index is 646. The van der Waals surface area contributed by atoms with Gasteiger partial charge in [-0.15, -0.1) is 5.10 Å². The molecule has 0 aliphatic rings. The minimum Gasteiger partial charge on any atom is -0.490 e. The van der Waals surface area contributed by atoms with Crippen molar-refractivity contribution in [1.29, 1.82) is 0 Å². The molecule has 4 nitrogen and oxygen atoms in total. The van der Waals surface area contributed by atoms with Crippen LogP contribution >= 0.6 is 0 Å². The van der Waals surface area contributed by atoms with Gasteiger partial charge < -0.3 is 9.84 Å². The Kier molecular flexibility index (Phi) is 7.18. The SMILES string of the molecule is C=CCOc1ccc(-c2ccc(/C=C/CCCC(C)O)nn2)cc1. The zero-order valence-corrected chi connectivity index (χ0v) is 14.1. The lowest BCUT2D eigenvalue weighted by molar-refractivity contribution is 0.182.